The zero-order valence-corrected chi connectivity index (χ0v) is 11.9. The molecule has 0 bridgehead atoms. The molecule has 0 saturated carbocycles. The number of alkyl halides is 1. The Hall–Kier alpha value is 1.46. The summed E-state index contributed by atoms with van der Waals surface area (Å²) in [7, 11) is -0.473. The summed E-state index contributed by atoms with van der Waals surface area (Å²) in [6.07, 6.45) is 0. The molecule has 0 rings (SSSR count). The molecule has 0 aromatic heterocycles. The van der Waals surface area contributed by atoms with Gasteiger partial charge in [0.15, 0.2) is 0 Å². The molecule has 0 aliphatic carbocycles. The van der Waals surface area contributed by atoms with Gasteiger partial charge in [-0.25, -0.2) is 0 Å². The Bertz CT molecular complexity index is 95.9. The number of halogens is 1. The predicted octanol–water partition coefficient (Wildman–Crippen LogP) is 2.67. The molecule has 0 aliphatic rings. The number of hydrogen-bond acceptors (Lipinski definition) is 0. The van der Waals surface area contributed by atoms with Crippen molar-refractivity contribution in [2.45, 2.75) is 38.3 Å². The van der Waals surface area contributed by atoms with E-state index in [0.29, 0.717) is 5.41 Å². The van der Waals surface area contributed by atoms with E-state index in [1.165, 1.54) is 0 Å². The van der Waals surface area contributed by atoms with Gasteiger partial charge < -0.3 is 2.85 Å². The monoisotopic (exact) mass is 234 g/mol. The first kappa shape index (κ1) is 14.0. The largest absolute Gasteiger partial charge is 2.00 e. The van der Waals surface area contributed by atoms with Crippen molar-refractivity contribution >= 4 is 47.8 Å². The van der Waals surface area contributed by atoms with E-state index >= 15 is 0 Å². The van der Waals surface area contributed by atoms with Gasteiger partial charge in [0.1, 0.15) is 0 Å². The molecule has 10 heavy (non-hydrogen) atoms. The van der Waals surface area contributed by atoms with E-state index in [4.69, 9.17) is 0 Å². The van der Waals surface area contributed by atoms with Gasteiger partial charge in [-0.1, -0.05) is 49.8 Å². The van der Waals surface area contributed by atoms with Crippen LogP contribution in [0.15, 0.2) is 0 Å². The first-order valence-electron chi connectivity index (χ1n) is 3.49. The Morgan fingerprint density at radius 2 is 1.60 bits per heavy atom. The molecule has 0 saturated heterocycles. The van der Waals surface area contributed by atoms with Crippen LogP contribution in [0.25, 0.3) is 0 Å². The Morgan fingerprint density at radius 1 is 1.30 bits per heavy atom. The molecule has 0 spiro atoms. The Morgan fingerprint density at radius 3 is 1.60 bits per heavy atom. The molecule has 60 valence electrons. The van der Waals surface area contributed by atoms with Crippen LogP contribution in [0.3, 0.4) is 0 Å². The van der Waals surface area contributed by atoms with Gasteiger partial charge in [-0.3, -0.25) is 0 Å². The summed E-state index contributed by atoms with van der Waals surface area (Å²) in [6, 6.07) is 0. The summed E-state index contributed by atoms with van der Waals surface area (Å²) < 4.78 is 0.769. The SMILES string of the molecule is C[SiH](C)C(Br)C(C)(C)C.[H-].[H-].[Mg+2]. The van der Waals surface area contributed by atoms with Gasteiger partial charge in [0.2, 0.25) is 0 Å². The molecule has 0 nitrogen and oxygen atoms in total. The average Bonchev–Trinajstić information content (AvgIpc) is 1.62. The van der Waals surface area contributed by atoms with Gasteiger partial charge in [0.05, 0.1) is 0 Å². The third-order valence-corrected chi connectivity index (χ3v) is 8.13. The second kappa shape index (κ2) is 5.17. The second-order valence-electron chi connectivity index (χ2n) is 4.01. The molecule has 3 heteroatoms. The Balaban J connectivity index is -0.000000107. The average molecular weight is 236 g/mol. The summed E-state index contributed by atoms with van der Waals surface area (Å²) >= 11 is 3.72. The van der Waals surface area contributed by atoms with Gasteiger partial charge in [0, 0.05) is 13.2 Å². The first-order valence-corrected chi connectivity index (χ1v) is 7.39. The minimum atomic E-state index is -0.473. The van der Waals surface area contributed by atoms with Crippen molar-refractivity contribution in [1.82, 2.24) is 0 Å². The van der Waals surface area contributed by atoms with Crippen molar-refractivity contribution < 1.29 is 2.85 Å². The molecule has 0 aromatic rings. The van der Waals surface area contributed by atoms with Gasteiger partial charge in [-0.05, 0) is 5.41 Å². The van der Waals surface area contributed by atoms with E-state index in [0.717, 1.165) is 4.45 Å². The van der Waals surface area contributed by atoms with E-state index in [1.54, 1.807) is 0 Å². The molecule has 0 aromatic carbocycles. The van der Waals surface area contributed by atoms with Crippen LogP contribution in [0.1, 0.15) is 23.6 Å². The molecule has 1 unspecified atom stereocenters. The number of rotatable bonds is 1. The maximum atomic E-state index is 3.72. The van der Waals surface area contributed by atoms with Crippen LogP contribution in [0.4, 0.5) is 0 Å². The molecule has 0 aliphatic heterocycles. The molecule has 0 N–H and O–H groups in total. The number of hydrogen-bond donors (Lipinski definition) is 0. The quantitative estimate of drug-likeness (QED) is 0.484. The summed E-state index contributed by atoms with van der Waals surface area (Å²) in [4.78, 5) is 0. The van der Waals surface area contributed by atoms with Crippen LogP contribution in [-0.2, 0) is 0 Å². The third kappa shape index (κ3) is 5.16. The summed E-state index contributed by atoms with van der Waals surface area (Å²) in [5.74, 6) is 0. The zero-order valence-electron chi connectivity index (χ0n) is 9.74. The fourth-order valence-electron chi connectivity index (χ4n) is 1.00. The molecule has 0 heterocycles. The van der Waals surface area contributed by atoms with Crippen LogP contribution in [0.5, 0.6) is 0 Å². The standard InChI is InChI=1S/C7H17BrSi.Mg.2H/c1-7(2,3)6(8)9(4)5;;;/h6,9H,1-5H3;;;/q;+2;2*-1. The van der Waals surface area contributed by atoms with E-state index in [9.17, 15) is 0 Å². The summed E-state index contributed by atoms with van der Waals surface area (Å²) in [5.41, 5.74) is 0.459. The van der Waals surface area contributed by atoms with Crippen LogP contribution in [0, 0.1) is 5.41 Å². The van der Waals surface area contributed by atoms with Gasteiger partial charge >= 0.3 is 23.1 Å². The topological polar surface area (TPSA) is 0 Å². The van der Waals surface area contributed by atoms with E-state index < -0.39 is 8.80 Å². The van der Waals surface area contributed by atoms with E-state index in [1.807, 2.05) is 0 Å². The van der Waals surface area contributed by atoms with Crippen molar-refractivity contribution in [3.05, 3.63) is 0 Å². The fraction of sp³-hybridized carbons (Fsp3) is 1.00. The minimum Gasteiger partial charge on any atom is -1.00 e. The predicted molar refractivity (Wildman–Crippen MR) is 59.0 cm³/mol. The van der Waals surface area contributed by atoms with Gasteiger partial charge in [-0.2, -0.15) is 0 Å². The van der Waals surface area contributed by atoms with Crippen molar-refractivity contribution in [2.24, 2.45) is 5.41 Å². The molecule has 0 amide bonds. The van der Waals surface area contributed by atoms with E-state index in [-0.39, 0.29) is 25.9 Å². The maximum Gasteiger partial charge on any atom is 2.00 e. The van der Waals surface area contributed by atoms with Crippen molar-refractivity contribution in [2.75, 3.05) is 0 Å². The van der Waals surface area contributed by atoms with Crippen molar-refractivity contribution in [3.63, 3.8) is 0 Å². The van der Waals surface area contributed by atoms with Crippen molar-refractivity contribution in [3.8, 4) is 0 Å². The Labute approximate surface area is 94.0 Å². The Kier molecular flexibility index (Phi) is 7.24. The van der Waals surface area contributed by atoms with Crippen LogP contribution >= 0.6 is 15.9 Å². The molecule has 1 atom stereocenters. The van der Waals surface area contributed by atoms with Gasteiger partial charge in [0.25, 0.3) is 0 Å². The molecular weight excluding hydrogens is 216 g/mol. The zero-order chi connectivity index (χ0) is 7.65. The maximum absolute atomic E-state index is 3.72. The second-order valence-corrected chi connectivity index (χ2v) is 9.13. The van der Waals surface area contributed by atoms with Crippen LogP contribution < -0.4 is 0 Å². The van der Waals surface area contributed by atoms with Crippen molar-refractivity contribution in [1.29, 1.82) is 0 Å². The third-order valence-electron chi connectivity index (χ3n) is 1.41. The normalized spacial score (nSPS) is 14.7. The summed E-state index contributed by atoms with van der Waals surface area (Å²) in [6.45, 7) is 11.6. The van der Waals surface area contributed by atoms with Crippen LogP contribution in [0.2, 0.25) is 13.1 Å². The fourth-order valence-corrected chi connectivity index (χ4v) is 3.00. The summed E-state index contributed by atoms with van der Waals surface area (Å²) in [5, 5.41) is 0. The first-order chi connectivity index (χ1) is 3.85. The van der Waals surface area contributed by atoms with E-state index in [2.05, 4.69) is 49.8 Å². The van der Waals surface area contributed by atoms with Crippen LogP contribution in [-0.4, -0.2) is 36.3 Å². The minimum absolute atomic E-state index is 0. The smallest absolute Gasteiger partial charge is 1.00 e. The van der Waals surface area contributed by atoms with Gasteiger partial charge in [-0.15, -0.1) is 0 Å². The molecular formula is C7H19BrMgSi. The molecule has 0 fully saturated rings. The molecule has 0 radical (unpaired) electrons.